The van der Waals surface area contributed by atoms with Crippen LogP contribution in [-0.2, 0) is 11.4 Å². The highest BCUT2D eigenvalue weighted by molar-refractivity contribution is 5.93. The normalized spacial score (nSPS) is 10.1. The second-order valence-corrected chi connectivity index (χ2v) is 5.63. The number of aromatic nitrogens is 1. The summed E-state index contributed by atoms with van der Waals surface area (Å²) in [6.45, 7) is 0.254. The van der Waals surface area contributed by atoms with Gasteiger partial charge in [-0.1, -0.05) is 42.5 Å². The van der Waals surface area contributed by atoms with E-state index in [1.807, 2.05) is 42.5 Å². The van der Waals surface area contributed by atoms with Crippen LogP contribution in [0.1, 0.15) is 5.56 Å². The van der Waals surface area contributed by atoms with Gasteiger partial charge in [0.25, 0.3) is 5.91 Å². The van der Waals surface area contributed by atoms with Crippen LogP contribution in [0.3, 0.4) is 0 Å². The zero-order valence-electron chi connectivity index (χ0n) is 14.9. The summed E-state index contributed by atoms with van der Waals surface area (Å²) in [4.78, 5) is 16.2. The lowest BCUT2D eigenvalue weighted by molar-refractivity contribution is -0.118. The van der Waals surface area contributed by atoms with Crippen LogP contribution < -0.4 is 19.5 Å². The molecule has 27 heavy (non-hydrogen) atoms. The number of hydrogen-bond acceptors (Lipinski definition) is 5. The van der Waals surface area contributed by atoms with Crippen molar-refractivity contribution in [3.63, 3.8) is 0 Å². The van der Waals surface area contributed by atoms with E-state index in [4.69, 9.17) is 14.2 Å². The van der Waals surface area contributed by atoms with E-state index in [1.165, 1.54) is 13.3 Å². The number of carbonyl (C=O) groups is 1. The zero-order chi connectivity index (χ0) is 18.9. The van der Waals surface area contributed by atoms with Gasteiger partial charge in [-0.05, 0) is 17.7 Å². The highest BCUT2D eigenvalue weighted by Gasteiger charge is 2.10. The molecule has 0 saturated heterocycles. The highest BCUT2D eigenvalue weighted by Crippen LogP contribution is 2.27. The lowest BCUT2D eigenvalue weighted by Gasteiger charge is -2.13. The summed E-state index contributed by atoms with van der Waals surface area (Å²) < 4.78 is 16.6. The first-order chi connectivity index (χ1) is 13.3. The van der Waals surface area contributed by atoms with Gasteiger partial charge < -0.3 is 19.5 Å². The molecule has 0 aliphatic carbocycles. The monoisotopic (exact) mass is 364 g/mol. The van der Waals surface area contributed by atoms with Crippen molar-refractivity contribution in [1.29, 1.82) is 0 Å². The Balaban J connectivity index is 1.58. The summed E-state index contributed by atoms with van der Waals surface area (Å²) in [6.07, 6.45) is 3.11. The van der Waals surface area contributed by atoms with Gasteiger partial charge in [-0.3, -0.25) is 9.78 Å². The molecule has 3 aromatic rings. The number of benzene rings is 2. The van der Waals surface area contributed by atoms with Crippen LogP contribution in [0.2, 0.25) is 0 Å². The third-order valence-electron chi connectivity index (χ3n) is 3.72. The van der Waals surface area contributed by atoms with Crippen molar-refractivity contribution in [3.8, 4) is 17.2 Å². The molecule has 3 rings (SSSR count). The maximum atomic E-state index is 12.2. The van der Waals surface area contributed by atoms with Gasteiger partial charge in [-0.15, -0.1) is 0 Å². The quantitative estimate of drug-likeness (QED) is 0.660. The van der Waals surface area contributed by atoms with E-state index in [-0.39, 0.29) is 12.5 Å². The fraction of sp³-hybridized carbons (Fsp3) is 0.143. The van der Waals surface area contributed by atoms with Crippen molar-refractivity contribution in [2.24, 2.45) is 0 Å². The van der Waals surface area contributed by atoms with Gasteiger partial charge in [-0.2, -0.15) is 0 Å². The van der Waals surface area contributed by atoms with Gasteiger partial charge in [0.2, 0.25) is 0 Å². The van der Waals surface area contributed by atoms with Gasteiger partial charge in [-0.25, -0.2) is 0 Å². The maximum Gasteiger partial charge on any atom is 0.262 e. The Morgan fingerprint density at radius 3 is 2.37 bits per heavy atom. The molecule has 0 bridgehead atoms. The zero-order valence-corrected chi connectivity index (χ0v) is 14.9. The molecule has 0 unspecified atom stereocenters. The number of ether oxygens (including phenoxy) is 3. The van der Waals surface area contributed by atoms with Crippen LogP contribution in [0.5, 0.6) is 17.2 Å². The molecule has 0 fully saturated rings. The Bertz CT molecular complexity index is 884. The predicted molar refractivity (Wildman–Crippen MR) is 102 cm³/mol. The SMILES string of the molecule is COc1ccncc1NC(=O)COc1ccccc1OCc1ccccc1. The van der Waals surface area contributed by atoms with Crippen LogP contribution >= 0.6 is 0 Å². The van der Waals surface area contributed by atoms with Crippen molar-refractivity contribution in [1.82, 2.24) is 4.98 Å². The molecule has 1 aromatic heterocycles. The van der Waals surface area contributed by atoms with Crippen LogP contribution in [-0.4, -0.2) is 24.6 Å². The molecule has 0 atom stereocenters. The molecular weight excluding hydrogens is 344 g/mol. The Labute approximate surface area is 157 Å². The van der Waals surface area contributed by atoms with E-state index in [0.717, 1.165) is 5.56 Å². The topological polar surface area (TPSA) is 69.7 Å². The molecule has 1 N–H and O–H groups in total. The number of carbonyl (C=O) groups excluding carboxylic acids is 1. The second kappa shape index (κ2) is 9.24. The number of nitrogens with zero attached hydrogens (tertiary/aromatic N) is 1. The highest BCUT2D eigenvalue weighted by atomic mass is 16.5. The van der Waals surface area contributed by atoms with Crippen molar-refractivity contribution in [2.75, 3.05) is 19.0 Å². The standard InChI is InChI=1S/C21H20N2O4/c1-25-18-11-12-22-13-17(18)23-21(24)15-27-20-10-6-5-9-19(20)26-14-16-7-3-2-4-8-16/h2-13H,14-15H2,1H3,(H,23,24). The molecule has 6 nitrogen and oxygen atoms in total. The third-order valence-corrected chi connectivity index (χ3v) is 3.72. The van der Waals surface area contributed by atoms with Crippen LogP contribution in [0.4, 0.5) is 5.69 Å². The molecule has 1 heterocycles. The van der Waals surface area contributed by atoms with E-state index < -0.39 is 0 Å². The first-order valence-corrected chi connectivity index (χ1v) is 8.42. The van der Waals surface area contributed by atoms with E-state index in [2.05, 4.69) is 10.3 Å². The largest absolute Gasteiger partial charge is 0.494 e. The fourth-order valence-electron chi connectivity index (χ4n) is 2.41. The third kappa shape index (κ3) is 5.22. The number of anilines is 1. The molecule has 2 aromatic carbocycles. The van der Waals surface area contributed by atoms with E-state index >= 15 is 0 Å². The summed E-state index contributed by atoms with van der Waals surface area (Å²) in [5.74, 6) is 1.29. The van der Waals surface area contributed by atoms with Crippen molar-refractivity contribution in [3.05, 3.63) is 78.6 Å². The minimum atomic E-state index is -0.320. The number of amides is 1. The fourth-order valence-corrected chi connectivity index (χ4v) is 2.41. The summed E-state index contributed by atoms with van der Waals surface area (Å²) in [5, 5.41) is 2.72. The van der Waals surface area contributed by atoms with Crippen LogP contribution in [0.25, 0.3) is 0 Å². The van der Waals surface area contributed by atoms with Gasteiger partial charge in [0, 0.05) is 12.3 Å². The molecule has 138 valence electrons. The molecule has 0 aliphatic rings. The van der Waals surface area contributed by atoms with Crippen LogP contribution in [0, 0.1) is 0 Å². The Kier molecular flexibility index (Phi) is 6.25. The summed E-state index contributed by atoms with van der Waals surface area (Å²) >= 11 is 0. The number of nitrogens with one attached hydrogen (secondary N) is 1. The number of hydrogen-bond donors (Lipinski definition) is 1. The number of methoxy groups -OCH3 is 1. The van der Waals surface area contributed by atoms with Gasteiger partial charge >= 0.3 is 0 Å². The first-order valence-electron chi connectivity index (χ1n) is 8.42. The van der Waals surface area contributed by atoms with Crippen LogP contribution in [0.15, 0.2) is 73.1 Å². The summed E-state index contributed by atoms with van der Waals surface area (Å²) in [7, 11) is 1.53. The smallest absolute Gasteiger partial charge is 0.262 e. The first kappa shape index (κ1) is 18.3. The molecule has 6 heteroatoms. The number of pyridine rings is 1. The average Bonchev–Trinajstić information content (AvgIpc) is 2.72. The van der Waals surface area contributed by atoms with Gasteiger partial charge in [0.1, 0.15) is 18.0 Å². The molecule has 0 radical (unpaired) electrons. The summed E-state index contributed by atoms with van der Waals surface area (Å²) in [5.41, 5.74) is 1.54. The second-order valence-electron chi connectivity index (χ2n) is 5.63. The minimum Gasteiger partial charge on any atom is -0.494 e. The lowest BCUT2D eigenvalue weighted by Crippen LogP contribution is -2.20. The van der Waals surface area contributed by atoms with Crippen molar-refractivity contribution >= 4 is 11.6 Å². The predicted octanol–water partition coefficient (Wildman–Crippen LogP) is 3.69. The minimum absolute atomic E-state index is 0.163. The molecule has 0 saturated carbocycles. The Morgan fingerprint density at radius 2 is 1.63 bits per heavy atom. The van der Waals surface area contributed by atoms with Crippen molar-refractivity contribution < 1.29 is 19.0 Å². The Morgan fingerprint density at radius 1 is 0.926 bits per heavy atom. The lowest BCUT2D eigenvalue weighted by atomic mass is 10.2. The van der Waals surface area contributed by atoms with Gasteiger partial charge in [0.05, 0.1) is 13.3 Å². The molecule has 0 spiro atoms. The van der Waals surface area contributed by atoms with E-state index in [9.17, 15) is 4.79 Å². The van der Waals surface area contributed by atoms with E-state index in [0.29, 0.717) is 29.5 Å². The average molecular weight is 364 g/mol. The summed E-state index contributed by atoms with van der Waals surface area (Å²) in [6, 6.07) is 18.8. The number of rotatable bonds is 8. The Hall–Kier alpha value is -3.54. The molecule has 1 amide bonds. The van der Waals surface area contributed by atoms with E-state index in [1.54, 1.807) is 24.4 Å². The molecule has 0 aliphatic heterocycles. The maximum absolute atomic E-state index is 12.2. The van der Waals surface area contributed by atoms with Gasteiger partial charge in [0.15, 0.2) is 18.1 Å². The van der Waals surface area contributed by atoms with Crippen molar-refractivity contribution in [2.45, 2.75) is 6.61 Å². The molecular formula is C21H20N2O4. The number of para-hydroxylation sites is 2.